The molecule has 1 aliphatic rings. The summed E-state index contributed by atoms with van der Waals surface area (Å²) in [5.74, 6) is 1.44. The average Bonchev–Trinajstić information content (AvgIpc) is 3.16. The van der Waals surface area contributed by atoms with E-state index in [1.165, 1.54) is 5.56 Å². The number of anilines is 3. The highest BCUT2D eigenvalue weighted by atomic mass is 16.7. The molecule has 1 aliphatic heterocycles. The van der Waals surface area contributed by atoms with Crippen molar-refractivity contribution in [2.75, 3.05) is 17.4 Å². The minimum Gasteiger partial charge on any atom is -0.454 e. The zero-order valence-corrected chi connectivity index (χ0v) is 15.7. The Morgan fingerprint density at radius 3 is 2.68 bits per heavy atom. The molecule has 0 saturated carbocycles. The maximum absolute atomic E-state index is 12.6. The first kappa shape index (κ1) is 17.9. The van der Waals surface area contributed by atoms with Crippen LogP contribution in [0.15, 0.2) is 60.9 Å². The molecule has 0 unspecified atom stereocenters. The van der Waals surface area contributed by atoms with E-state index in [-0.39, 0.29) is 12.7 Å². The van der Waals surface area contributed by atoms with E-state index in [4.69, 9.17) is 9.47 Å². The van der Waals surface area contributed by atoms with Gasteiger partial charge in [-0.15, -0.1) is 0 Å². The monoisotopic (exact) mass is 375 g/mol. The van der Waals surface area contributed by atoms with Crippen LogP contribution in [0.1, 0.15) is 35.7 Å². The molecule has 4 rings (SSSR count). The molecular weight excluding hydrogens is 354 g/mol. The van der Waals surface area contributed by atoms with Crippen LogP contribution in [0.4, 0.5) is 17.1 Å². The maximum atomic E-state index is 12.6. The molecule has 6 heteroatoms. The number of amides is 1. The summed E-state index contributed by atoms with van der Waals surface area (Å²) < 4.78 is 10.6. The van der Waals surface area contributed by atoms with Gasteiger partial charge < -0.3 is 20.1 Å². The molecule has 0 fully saturated rings. The summed E-state index contributed by atoms with van der Waals surface area (Å²) >= 11 is 0. The van der Waals surface area contributed by atoms with Crippen LogP contribution in [0.25, 0.3) is 0 Å². The number of nitrogens with zero attached hydrogens (tertiary/aromatic N) is 1. The fourth-order valence-electron chi connectivity index (χ4n) is 3.08. The number of aromatic nitrogens is 1. The molecule has 0 spiro atoms. The van der Waals surface area contributed by atoms with E-state index in [9.17, 15) is 4.79 Å². The number of benzene rings is 2. The summed E-state index contributed by atoms with van der Waals surface area (Å²) in [5.41, 5.74) is 4.07. The minimum atomic E-state index is -0.243. The van der Waals surface area contributed by atoms with E-state index in [1.54, 1.807) is 36.7 Å². The van der Waals surface area contributed by atoms with Gasteiger partial charge in [0.15, 0.2) is 11.5 Å². The van der Waals surface area contributed by atoms with Gasteiger partial charge in [0.2, 0.25) is 6.79 Å². The third kappa shape index (κ3) is 3.76. The lowest BCUT2D eigenvalue weighted by Crippen LogP contribution is -2.12. The minimum absolute atomic E-state index is 0.197. The predicted octanol–water partition coefficient (Wildman–Crippen LogP) is 4.93. The van der Waals surface area contributed by atoms with E-state index in [0.717, 1.165) is 11.4 Å². The quantitative estimate of drug-likeness (QED) is 0.661. The molecule has 1 aromatic heterocycles. The first-order chi connectivity index (χ1) is 13.6. The summed E-state index contributed by atoms with van der Waals surface area (Å²) in [6, 6.07) is 15.2. The zero-order chi connectivity index (χ0) is 19.5. The standard InChI is InChI=1S/C22H21N3O3/c1-14(2)18-5-3-4-6-19(18)24-17-9-15(11-23-12-17)22(26)25-16-7-8-20-21(10-16)28-13-27-20/h3-12,14,24H,13H2,1-2H3,(H,25,26). The second kappa shape index (κ2) is 7.60. The lowest BCUT2D eigenvalue weighted by Gasteiger charge is -2.15. The number of hydrogen-bond donors (Lipinski definition) is 2. The van der Waals surface area contributed by atoms with Gasteiger partial charge in [-0.1, -0.05) is 32.0 Å². The first-order valence-electron chi connectivity index (χ1n) is 9.12. The van der Waals surface area contributed by atoms with Gasteiger partial charge in [0.1, 0.15) is 0 Å². The van der Waals surface area contributed by atoms with Crippen LogP contribution in [-0.4, -0.2) is 17.7 Å². The van der Waals surface area contributed by atoms with Crippen LogP contribution < -0.4 is 20.1 Å². The number of carbonyl (C=O) groups excluding carboxylic acids is 1. The molecule has 2 aromatic carbocycles. The Morgan fingerprint density at radius 2 is 1.82 bits per heavy atom. The van der Waals surface area contributed by atoms with Crippen LogP contribution in [0, 0.1) is 0 Å². The van der Waals surface area contributed by atoms with Crippen LogP contribution >= 0.6 is 0 Å². The number of ether oxygens (including phenoxy) is 2. The highest BCUT2D eigenvalue weighted by molar-refractivity contribution is 6.04. The highest BCUT2D eigenvalue weighted by Crippen LogP contribution is 2.34. The van der Waals surface area contributed by atoms with E-state index in [2.05, 4.69) is 35.5 Å². The number of hydrogen-bond acceptors (Lipinski definition) is 5. The van der Waals surface area contributed by atoms with Crippen LogP contribution in [0.5, 0.6) is 11.5 Å². The molecule has 3 aromatic rings. The molecule has 0 radical (unpaired) electrons. The topological polar surface area (TPSA) is 72.5 Å². The second-order valence-electron chi connectivity index (χ2n) is 6.85. The summed E-state index contributed by atoms with van der Waals surface area (Å²) in [6.07, 6.45) is 3.25. The van der Waals surface area contributed by atoms with Crippen LogP contribution in [-0.2, 0) is 0 Å². The summed E-state index contributed by atoms with van der Waals surface area (Å²) in [5, 5.41) is 6.23. The fraction of sp³-hybridized carbons (Fsp3) is 0.182. The molecule has 2 heterocycles. The fourth-order valence-corrected chi connectivity index (χ4v) is 3.08. The molecule has 142 valence electrons. The van der Waals surface area contributed by atoms with Crippen LogP contribution in [0.2, 0.25) is 0 Å². The molecule has 0 atom stereocenters. The normalized spacial score (nSPS) is 12.1. The lowest BCUT2D eigenvalue weighted by molar-refractivity contribution is 0.102. The van der Waals surface area contributed by atoms with Crippen molar-refractivity contribution >= 4 is 23.0 Å². The van der Waals surface area contributed by atoms with Gasteiger partial charge in [0.05, 0.1) is 17.4 Å². The van der Waals surface area contributed by atoms with Gasteiger partial charge in [-0.3, -0.25) is 9.78 Å². The van der Waals surface area contributed by atoms with E-state index in [0.29, 0.717) is 28.7 Å². The number of carbonyl (C=O) groups is 1. The number of rotatable bonds is 5. The van der Waals surface area contributed by atoms with Gasteiger partial charge in [-0.2, -0.15) is 0 Å². The smallest absolute Gasteiger partial charge is 0.257 e. The second-order valence-corrected chi connectivity index (χ2v) is 6.85. The van der Waals surface area contributed by atoms with Crippen molar-refractivity contribution in [3.63, 3.8) is 0 Å². The Morgan fingerprint density at radius 1 is 1.00 bits per heavy atom. The number of fused-ring (bicyclic) bond motifs is 1. The molecule has 6 nitrogen and oxygen atoms in total. The molecular formula is C22H21N3O3. The van der Waals surface area contributed by atoms with Crippen molar-refractivity contribution in [3.05, 3.63) is 72.1 Å². The van der Waals surface area contributed by atoms with Gasteiger partial charge in [-0.25, -0.2) is 0 Å². The Bertz CT molecular complexity index is 1020. The zero-order valence-electron chi connectivity index (χ0n) is 15.7. The van der Waals surface area contributed by atoms with E-state index >= 15 is 0 Å². The first-order valence-corrected chi connectivity index (χ1v) is 9.12. The van der Waals surface area contributed by atoms with Crippen molar-refractivity contribution in [1.82, 2.24) is 4.98 Å². The van der Waals surface area contributed by atoms with Gasteiger partial charge in [0, 0.05) is 23.6 Å². The Balaban J connectivity index is 1.51. The average molecular weight is 375 g/mol. The number of pyridine rings is 1. The van der Waals surface area contributed by atoms with Crippen molar-refractivity contribution in [2.24, 2.45) is 0 Å². The Hall–Kier alpha value is -3.54. The van der Waals surface area contributed by atoms with Crippen molar-refractivity contribution in [3.8, 4) is 11.5 Å². The van der Waals surface area contributed by atoms with Crippen LogP contribution in [0.3, 0.4) is 0 Å². The molecule has 0 saturated heterocycles. The Labute approximate surface area is 163 Å². The van der Waals surface area contributed by atoms with E-state index in [1.807, 2.05) is 18.2 Å². The third-order valence-electron chi connectivity index (χ3n) is 4.49. The molecule has 1 amide bonds. The summed E-state index contributed by atoms with van der Waals surface area (Å²) in [7, 11) is 0. The van der Waals surface area contributed by atoms with Gasteiger partial charge in [0.25, 0.3) is 5.91 Å². The van der Waals surface area contributed by atoms with Crippen molar-refractivity contribution in [1.29, 1.82) is 0 Å². The highest BCUT2D eigenvalue weighted by Gasteiger charge is 2.15. The number of nitrogens with one attached hydrogen (secondary N) is 2. The maximum Gasteiger partial charge on any atom is 0.257 e. The lowest BCUT2D eigenvalue weighted by atomic mass is 10.0. The predicted molar refractivity (Wildman–Crippen MR) is 109 cm³/mol. The van der Waals surface area contributed by atoms with E-state index < -0.39 is 0 Å². The largest absolute Gasteiger partial charge is 0.454 e. The molecule has 2 N–H and O–H groups in total. The molecule has 0 bridgehead atoms. The Kier molecular flexibility index (Phi) is 4.85. The third-order valence-corrected chi connectivity index (χ3v) is 4.49. The van der Waals surface area contributed by atoms with Crippen molar-refractivity contribution < 1.29 is 14.3 Å². The van der Waals surface area contributed by atoms with Gasteiger partial charge in [-0.05, 0) is 35.7 Å². The number of para-hydroxylation sites is 1. The van der Waals surface area contributed by atoms with Crippen molar-refractivity contribution in [2.45, 2.75) is 19.8 Å². The SMILES string of the molecule is CC(C)c1ccccc1Nc1cncc(C(=O)Nc2ccc3c(c2)OCO3)c1. The summed E-state index contributed by atoms with van der Waals surface area (Å²) in [6.45, 7) is 4.49. The molecule has 28 heavy (non-hydrogen) atoms. The summed E-state index contributed by atoms with van der Waals surface area (Å²) in [4.78, 5) is 16.9. The van der Waals surface area contributed by atoms with Gasteiger partial charge >= 0.3 is 0 Å². The molecule has 0 aliphatic carbocycles.